The third kappa shape index (κ3) is 4.79. The van der Waals surface area contributed by atoms with Crippen molar-refractivity contribution >= 4 is 61.8 Å². The number of nitrogens with zero attached hydrogens (tertiary/aromatic N) is 4. The molecule has 1 aliphatic heterocycles. The second kappa shape index (κ2) is 8.81. The number of rotatable bonds is 5. The second-order valence-electron chi connectivity index (χ2n) is 6.98. The number of hydrogen-bond donors (Lipinski definition) is 1. The van der Waals surface area contributed by atoms with Crippen LogP contribution in [0.3, 0.4) is 0 Å². The number of piperidine rings is 1. The van der Waals surface area contributed by atoms with Crippen molar-refractivity contribution in [2.75, 3.05) is 29.1 Å². The molecule has 6 nitrogen and oxygen atoms in total. The Morgan fingerprint density at radius 3 is 3.10 bits per heavy atom. The zero-order valence-electron chi connectivity index (χ0n) is 15.7. The average molecular weight is 452 g/mol. The van der Waals surface area contributed by atoms with E-state index >= 15 is 0 Å². The first-order valence-electron chi connectivity index (χ1n) is 9.24. The lowest BCUT2D eigenvalue weighted by molar-refractivity contribution is -0.113. The molecule has 1 aliphatic rings. The first-order chi connectivity index (χ1) is 14.0. The number of carbonyl (C=O) groups is 1. The molecule has 3 aromatic rings. The van der Waals surface area contributed by atoms with Crippen LogP contribution in [0.5, 0.6) is 0 Å². The number of aromatic nitrogens is 3. The van der Waals surface area contributed by atoms with E-state index in [0.717, 1.165) is 34.4 Å². The number of thioether (sulfide) groups is 1. The molecular weight excluding hydrogens is 433 g/mol. The molecule has 1 aromatic carbocycles. The molecule has 1 saturated heterocycles. The van der Waals surface area contributed by atoms with E-state index in [1.54, 1.807) is 11.3 Å². The average Bonchev–Trinajstić information content (AvgIpc) is 3.13. The van der Waals surface area contributed by atoms with Gasteiger partial charge in [-0.3, -0.25) is 4.79 Å². The Balaban J connectivity index is 1.45. The highest BCUT2D eigenvalue weighted by molar-refractivity contribution is 8.00. The van der Waals surface area contributed by atoms with Gasteiger partial charge in [0.1, 0.15) is 21.9 Å². The zero-order chi connectivity index (χ0) is 20.4. The van der Waals surface area contributed by atoms with E-state index < -0.39 is 5.82 Å². The summed E-state index contributed by atoms with van der Waals surface area (Å²) in [6.07, 6.45) is 3.88. The van der Waals surface area contributed by atoms with Crippen molar-refractivity contribution in [1.82, 2.24) is 15.0 Å². The molecule has 10 heteroatoms. The molecule has 1 fully saturated rings. The van der Waals surface area contributed by atoms with Gasteiger partial charge in [0.2, 0.25) is 5.91 Å². The van der Waals surface area contributed by atoms with Gasteiger partial charge in [-0.25, -0.2) is 14.4 Å². The molecule has 0 unspecified atom stereocenters. The van der Waals surface area contributed by atoms with Gasteiger partial charge in [-0.05, 0) is 37.0 Å². The topological polar surface area (TPSA) is 71.0 Å². The Bertz CT molecular complexity index is 1050. The molecule has 29 heavy (non-hydrogen) atoms. The Kier molecular flexibility index (Phi) is 6.17. The van der Waals surface area contributed by atoms with Crippen molar-refractivity contribution in [3.05, 3.63) is 35.4 Å². The monoisotopic (exact) mass is 451 g/mol. The van der Waals surface area contributed by atoms with Crippen molar-refractivity contribution in [3.8, 4) is 0 Å². The first kappa shape index (κ1) is 20.3. The van der Waals surface area contributed by atoms with Crippen molar-refractivity contribution in [1.29, 1.82) is 0 Å². The number of nitrogens with one attached hydrogen (secondary N) is 1. The lowest BCUT2D eigenvalue weighted by atomic mass is 10.0. The lowest BCUT2D eigenvalue weighted by Crippen LogP contribution is -2.34. The third-order valence-electron chi connectivity index (χ3n) is 4.62. The Labute approximate surface area is 180 Å². The molecule has 0 saturated carbocycles. The summed E-state index contributed by atoms with van der Waals surface area (Å²) >= 11 is 8.85. The van der Waals surface area contributed by atoms with Gasteiger partial charge in [0.25, 0.3) is 0 Å². The predicted octanol–water partition coefficient (Wildman–Crippen LogP) is 4.85. The highest BCUT2D eigenvalue weighted by atomic mass is 35.5. The molecular formula is C19H19ClFN5OS2. The molecule has 0 spiro atoms. The number of halogens is 2. The fourth-order valence-electron chi connectivity index (χ4n) is 3.23. The van der Waals surface area contributed by atoms with Gasteiger partial charge >= 0.3 is 0 Å². The molecule has 2 aromatic heterocycles. The second-order valence-corrected chi connectivity index (χ2v) is 9.33. The molecule has 1 amide bonds. The fourth-order valence-corrected chi connectivity index (χ4v) is 5.37. The van der Waals surface area contributed by atoms with E-state index in [9.17, 15) is 9.18 Å². The van der Waals surface area contributed by atoms with Gasteiger partial charge in [0, 0.05) is 13.1 Å². The van der Waals surface area contributed by atoms with Crippen molar-refractivity contribution < 1.29 is 9.18 Å². The summed E-state index contributed by atoms with van der Waals surface area (Å²) in [5.74, 6) is 0.103. The van der Waals surface area contributed by atoms with Crippen LogP contribution in [0.1, 0.15) is 19.8 Å². The van der Waals surface area contributed by atoms with Crippen molar-refractivity contribution in [2.24, 2.45) is 5.92 Å². The van der Waals surface area contributed by atoms with Crippen LogP contribution in [0, 0.1) is 11.7 Å². The summed E-state index contributed by atoms with van der Waals surface area (Å²) in [5, 5.41) is 4.54. The minimum Gasteiger partial charge on any atom is -0.348 e. The van der Waals surface area contributed by atoms with Crippen LogP contribution in [0.2, 0.25) is 5.02 Å². The molecule has 1 N–H and O–H groups in total. The van der Waals surface area contributed by atoms with Crippen LogP contribution in [-0.2, 0) is 4.79 Å². The minimum atomic E-state index is -0.449. The van der Waals surface area contributed by atoms with Gasteiger partial charge in [0.15, 0.2) is 10.8 Å². The maximum Gasteiger partial charge on any atom is 0.234 e. The fraction of sp³-hybridized carbons (Fsp3) is 0.368. The van der Waals surface area contributed by atoms with E-state index in [2.05, 4.69) is 32.1 Å². The number of thiazole rings is 1. The number of carbonyl (C=O) groups excluding carboxylic acids is 1. The van der Waals surface area contributed by atoms with Gasteiger partial charge in [-0.1, -0.05) is 41.6 Å². The van der Waals surface area contributed by atoms with Gasteiger partial charge in [0.05, 0.1) is 16.5 Å². The summed E-state index contributed by atoms with van der Waals surface area (Å²) in [6.45, 7) is 4.25. The molecule has 3 heterocycles. The number of hydrogen-bond acceptors (Lipinski definition) is 7. The summed E-state index contributed by atoms with van der Waals surface area (Å²) < 4.78 is 14.0. The summed E-state index contributed by atoms with van der Waals surface area (Å²) in [6, 6.07) is 3.86. The highest BCUT2D eigenvalue weighted by Crippen LogP contribution is 2.35. The van der Waals surface area contributed by atoms with Crippen LogP contribution in [-0.4, -0.2) is 39.7 Å². The van der Waals surface area contributed by atoms with E-state index in [-0.39, 0.29) is 16.7 Å². The standard InChI is InChI=1S/C19H19ClFN5OS2/c1-11-3-2-6-26(8-11)19-25-17-16(29-19)18(23-10-22-17)28-9-15(27)24-14-5-4-12(21)7-13(14)20/h4-5,7,10-11H,2-3,6,8-9H2,1H3,(H,24,27)/t11-/m0/s1. The summed E-state index contributed by atoms with van der Waals surface area (Å²) in [4.78, 5) is 27.9. The number of benzene rings is 1. The van der Waals surface area contributed by atoms with Gasteiger partial charge in [-0.2, -0.15) is 4.98 Å². The van der Waals surface area contributed by atoms with Crippen molar-refractivity contribution in [3.63, 3.8) is 0 Å². The van der Waals surface area contributed by atoms with Crippen molar-refractivity contribution in [2.45, 2.75) is 24.8 Å². The number of anilines is 2. The highest BCUT2D eigenvalue weighted by Gasteiger charge is 2.21. The SMILES string of the molecule is C[C@H]1CCCN(c2nc3ncnc(SCC(=O)Nc4ccc(F)cc4Cl)c3s2)C1. The molecule has 4 rings (SSSR count). The summed E-state index contributed by atoms with van der Waals surface area (Å²) in [7, 11) is 0. The van der Waals surface area contributed by atoms with E-state index in [0.29, 0.717) is 17.3 Å². The van der Waals surface area contributed by atoms with E-state index in [1.165, 1.54) is 42.7 Å². The Hall–Kier alpha value is -1.97. The molecule has 0 aliphatic carbocycles. The minimum absolute atomic E-state index is 0.147. The molecule has 152 valence electrons. The van der Waals surface area contributed by atoms with Crippen LogP contribution >= 0.6 is 34.7 Å². The first-order valence-corrected chi connectivity index (χ1v) is 11.4. The molecule has 1 atom stereocenters. The third-order valence-corrected chi connectivity index (χ3v) is 7.16. The Morgan fingerprint density at radius 1 is 1.45 bits per heavy atom. The van der Waals surface area contributed by atoms with E-state index in [1.807, 2.05) is 0 Å². The predicted molar refractivity (Wildman–Crippen MR) is 117 cm³/mol. The maximum atomic E-state index is 13.1. The summed E-state index contributed by atoms with van der Waals surface area (Å²) in [5.41, 5.74) is 1.04. The van der Waals surface area contributed by atoms with Crippen LogP contribution < -0.4 is 10.2 Å². The quantitative estimate of drug-likeness (QED) is 0.442. The number of fused-ring (bicyclic) bond motifs is 1. The van der Waals surface area contributed by atoms with Crippen LogP contribution in [0.15, 0.2) is 29.6 Å². The van der Waals surface area contributed by atoms with Gasteiger partial charge in [-0.15, -0.1) is 0 Å². The maximum absolute atomic E-state index is 13.1. The smallest absolute Gasteiger partial charge is 0.234 e. The van der Waals surface area contributed by atoms with Crippen LogP contribution in [0.4, 0.5) is 15.2 Å². The lowest BCUT2D eigenvalue weighted by Gasteiger charge is -2.30. The van der Waals surface area contributed by atoms with E-state index in [4.69, 9.17) is 11.6 Å². The number of amides is 1. The van der Waals surface area contributed by atoms with Gasteiger partial charge < -0.3 is 10.2 Å². The largest absolute Gasteiger partial charge is 0.348 e. The zero-order valence-corrected chi connectivity index (χ0v) is 18.1. The molecule has 0 radical (unpaired) electrons. The van der Waals surface area contributed by atoms with Crippen LogP contribution in [0.25, 0.3) is 10.3 Å². The normalized spacial score (nSPS) is 16.9. The Morgan fingerprint density at radius 2 is 2.31 bits per heavy atom. The molecule has 0 bridgehead atoms.